The number of carbonyl (C=O) groups is 16. The fourth-order valence-electron chi connectivity index (χ4n) is 12.5. The Labute approximate surface area is 741 Å². The van der Waals surface area contributed by atoms with Crippen LogP contribution in [0.1, 0.15) is 266 Å². The first-order valence-corrected chi connectivity index (χ1v) is 44.0. The van der Waals surface area contributed by atoms with E-state index in [9.17, 15) is 58.2 Å². The van der Waals surface area contributed by atoms with Gasteiger partial charge in [-0.2, -0.15) is 0 Å². The van der Waals surface area contributed by atoms with Gasteiger partial charge < -0.3 is 125 Å². The number of unbranched alkanes of at least 4 members (excludes halogenated alkanes) is 10. The van der Waals surface area contributed by atoms with E-state index in [4.69, 9.17) is 29.4 Å². The monoisotopic (exact) mass is 1790 g/mol. The van der Waals surface area contributed by atoms with Gasteiger partial charge >= 0.3 is 30.5 Å². The largest absolute Gasteiger partial charge is 0.444 e. The number of carbonyl (C=O) groups excluding carboxylic acids is 16. The Morgan fingerprint density at radius 1 is 0.405 bits per heavy atom. The zero-order chi connectivity index (χ0) is 95.3. The van der Waals surface area contributed by atoms with E-state index in [-0.39, 0.29) is 38.8 Å². The van der Waals surface area contributed by atoms with Gasteiger partial charge in [0.2, 0.25) is 65.0 Å². The number of rotatable bonds is 41. The number of hydrogen-bond donors (Lipinski definition) is 19. The van der Waals surface area contributed by atoms with Crippen molar-refractivity contribution in [2.45, 2.75) is 373 Å². The molecule has 0 aromatic heterocycles. The molecule has 13 atom stereocenters. The van der Waals surface area contributed by atoms with Gasteiger partial charge in [-0.05, 0) is 175 Å². The summed E-state index contributed by atoms with van der Waals surface area (Å²) in [5, 5.41) is 63.6. The number of aliphatic hydroxyl groups excluding tert-OH is 2. The first-order chi connectivity index (χ1) is 58.7. The summed E-state index contributed by atoms with van der Waals surface area (Å²) < 4.78 is 27.1. The Hall–Kier alpha value is -10.4. The third kappa shape index (κ3) is 49.5. The molecule has 0 saturated carbocycles. The molecule has 1 aromatic carbocycles. The van der Waals surface area contributed by atoms with Crippen LogP contribution in [0.2, 0.25) is 0 Å². The summed E-state index contributed by atoms with van der Waals surface area (Å²) in [6, 6.07) is -10.5. The summed E-state index contributed by atoms with van der Waals surface area (Å²) in [4.78, 5) is 230. The molecule has 1 saturated heterocycles. The minimum atomic E-state index is -1.98. The van der Waals surface area contributed by atoms with Crippen LogP contribution in [0.3, 0.4) is 0 Å². The van der Waals surface area contributed by atoms with E-state index in [1.165, 1.54) is 0 Å². The Balaban J connectivity index is 3.16. The molecule has 0 aliphatic carbocycles. The molecule has 1 aliphatic rings. The first kappa shape index (κ1) is 112. The summed E-state index contributed by atoms with van der Waals surface area (Å²) in [5.74, 6) is -11.9. The van der Waals surface area contributed by atoms with Crippen molar-refractivity contribution in [1.82, 2.24) is 85.1 Å². The maximum absolute atomic E-state index is 15.5. The van der Waals surface area contributed by atoms with Crippen LogP contribution in [-0.2, 0) is 82.8 Å². The van der Waals surface area contributed by atoms with Crippen molar-refractivity contribution in [2.75, 3.05) is 39.3 Å². The molecule has 40 heteroatoms. The highest BCUT2D eigenvalue weighted by atomic mass is 16.6. The summed E-state index contributed by atoms with van der Waals surface area (Å²) >= 11 is 0. The second-order valence-electron chi connectivity index (χ2n) is 36.5. The lowest BCUT2D eigenvalue weighted by molar-refractivity contribution is -0.137. The molecular formula is C86H149N17O23. The van der Waals surface area contributed by atoms with E-state index in [0.717, 1.165) is 71.6 Å². The van der Waals surface area contributed by atoms with Gasteiger partial charge in [0, 0.05) is 45.7 Å². The highest BCUT2D eigenvalue weighted by Crippen LogP contribution is 2.18. The van der Waals surface area contributed by atoms with E-state index < -0.39 is 260 Å². The van der Waals surface area contributed by atoms with Gasteiger partial charge in [-0.15, -0.1) is 0 Å². The van der Waals surface area contributed by atoms with Crippen LogP contribution in [0.25, 0.3) is 0 Å². The minimum Gasteiger partial charge on any atom is -0.444 e. The van der Waals surface area contributed by atoms with Crippen LogP contribution < -0.4 is 90.8 Å². The summed E-state index contributed by atoms with van der Waals surface area (Å²) in [5.41, 5.74) is 1.83. The zero-order valence-electron chi connectivity index (χ0n) is 77.5. The second kappa shape index (κ2) is 56.0. The summed E-state index contributed by atoms with van der Waals surface area (Å²) in [6.07, 6.45) is -1.69. The standard InChI is InChI=1S/C86H149N17O23/c1-20-22-24-26-28-33-37-55(87)66(106)94-61(43-49-92-80(120)125-85(14,15)16)72(112)103-65(53(4)105)76(116)100-60(42-48-91-79(119)124-84(11,12)13)70(110)97-57-39-45-88-75(115)64(52(3)104)102-73(113)62(44-50-93-81(121)126-86(17,18)19)99-69(109)58(40-46-89-77(117)122-82(5,6)7)96-67(107)56(38-34-29-27-25-23-21-2)95-74(114)63(51-54-35-31-30-32-36-54)101-71(111)59(98-68(57)108)41-47-90-78(118)123-83(8,9)10/h30-32,35-36,52-53,55-65,104-105H,20-29,33-34,37-51,87H2,1-19H3,(H,88,115)(H,89,117)(H,90,118)(H,91,119)(H,92,120)(H,93,121)(H,94,106)(H,95,114)(H,96,107)(H,97,110)(H,98,108)(H,99,109)(H,100,116)(H,101,111)(H,102,113)(H,103,112)/t52-,53-,55+,56+,57+,58+,59+,60+,61+,62+,63-,64+,65+/m1/s1. The number of hydrogen-bond acceptors (Lipinski definition) is 24. The number of nitrogens with one attached hydrogen (secondary N) is 16. The zero-order valence-corrected chi connectivity index (χ0v) is 77.5. The van der Waals surface area contributed by atoms with Crippen molar-refractivity contribution in [3.8, 4) is 0 Å². The Morgan fingerprint density at radius 2 is 0.754 bits per heavy atom. The van der Waals surface area contributed by atoms with E-state index in [0.29, 0.717) is 24.8 Å². The van der Waals surface area contributed by atoms with Crippen LogP contribution in [0.5, 0.6) is 0 Å². The van der Waals surface area contributed by atoms with Gasteiger partial charge in [0.25, 0.3) is 0 Å². The molecule has 16 amide bonds. The summed E-state index contributed by atoms with van der Waals surface area (Å²) in [7, 11) is 0. The normalized spacial score (nSPS) is 19.5. The lowest BCUT2D eigenvalue weighted by Gasteiger charge is -2.29. The van der Waals surface area contributed by atoms with Crippen LogP contribution in [0.4, 0.5) is 24.0 Å². The molecule has 126 heavy (non-hydrogen) atoms. The molecule has 1 heterocycles. The van der Waals surface area contributed by atoms with Crippen molar-refractivity contribution in [3.05, 3.63) is 35.9 Å². The maximum atomic E-state index is 15.5. The summed E-state index contributed by atoms with van der Waals surface area (Å²) in [6.45, 7) is 27.8. The number of ether oxygens (including phenoxy) is 5. The van der Waals surface area contributed by atoms with Gasteiger partial charge in [0.1, 0.15) is 88.4 Å². The third-order valence-corrected chi connectivity index (χ3v) is 18.8. The smallest absolute Gasteiger partial charge is 0.407 e. The van der Waals surface area contributed by atoms with Gasteiger partial charge in [-0.3, -0.25) is 52.7 Å². The topological polar surface area (TPSA) is 578 Å². The van der Waals surface area contributed by atoms with Crippen molar-refractivity contribution in [3.63, 3.8) is 0 Å². The fraction of sp³-hybridized carbons (Fsp3) is 0.744. The molecule has 20 N–H and O–H groups in total. The average Bonchev–Trinajstić information content (AvgIpc) is 0.979. The molecule has 0 bridgehead atoms. The molecule has 0 unspecified atom stereocenters. The predicted octanol–water partition coefficient (Wildman–Crippen LogP) is 3.76. The Bertz CT molecular complexity index is 3650. The van der Waals surface area contributed by atoms with Gasteiger partial charge in [-0.1, -0.05) is 121 Å². The van der Waals surface area contributed by atoms with E-state index >= 15 is 28.8 Å². The molecule has 1 aliphatic heterocycles. The maximum Gasteiger partial charge on any atom is 0.407 e. The number of aliphatic hydroxyl groups is 2. The fourth-order valence-corrected chi connectivity index (χ4v) is 12.5. The van der Waals surface area contributed by atoms with Crippen molar-refractivity contribution in [1.29, 1.82) is 0 Å². The highest BCUT2D eigenvalue weighted by Gasteiger charge is 2.40. The van der Waals surface area contributed by atoms with Crippen LogP contribution in [-0.4, -0.2) is 252 Å². The molecule has 1 fully saturated rings. The van der Waals surface area contributed by atoms with Gasteiger partial charge in [0.05, 0.1) is 18.2 Å². The molecular weight excluding hydrogens is 1640 g/mol. The van der Waals surface area contributed by atoms with E-state index in [1.54, 1.807) is 134 Å². The Kier molecular flexibility index (Phi) is 49.6. The van der Waals surface area contributed by atoms with Crippen molar-refractivity contribution >= 4 is 95.4 Å². The average molecular weight is 1790 g/mol. The lowest BCUT2D eigenvalue weighted by atomic mass is 10.0. The number of nitrogens with two attached hydrogens (primary N) is 1. The number of amides is 16. The molecule has 716 valence electrons. The van der Waals surface area contributed by atoms with Gasteiger partial charge in [-0.25, -0.2) is 24.0 Å². The van der Waals surface area contributed by atoms with Crippen LogP contribution >= 0.6 is 0 Å². The minimum absolute atomic E-state index is 0.0658. The molecule has 1 aromatic rings. The lowest BCUT2D eigenvalue weighted by Crippen LogP contribution is -2.62. The van der Waals surface area contributed by atoms with Gasteiger partial charge in [0.15, 0.2) is 0 Å². The number of benzene rings is 1. The molecule has 0 spiro atoms. The third-order valence-electron chi connectivity index (χ3n) is 18.8. The second-order valence-corrected chi connectivity index (χ2v) is 36.5. The molecule has 0 radical (unpaired) electrons. The quantitative estimate of drug-likeness (QED) is 0.0328. The first-order valence-electron chi connectivity index (χ1n) is 44.0. The van der Waals surface area contributed by atoms with Crippen molar-refractivity contribution < 1.29 is 111 Å². The predicted molar refractivity (Wildman–Crippen MR) is 469 cm³/mol. The SMILES string of the molecule is CCCCCCCC[C@@H]1NC(=O)[C@@H](Cc2ccccc2)NC(=O)[C@H](CCNC(=O)OC(C)(C)C)NC(=O)[C@@H](NC(=O)[C@H](CCNC(=O)OC(C)(C)C)NC(=O)[C@@H](NC(=O)[C@H](CCNC(=O)OC(C)(C)C)NC(=O)[C@@H](N)CCCCCCCC)[C@@H](C)O)CCNC(=O)[C@H]([C@@H](C)O)NC(=O)[C@H](CCNC(=O)OC(C)(C)C)NC(=O)[C@H](CCNC(=O)OC(C)(C)C)NC1=O. The molecule has 2 rings (SSSR count). The van der Waals surface area contributed by atoms with Crippen molar-refractivity contribution in [2.24, 2.45) is 5.73 Å². The van der Waals surface area contributed by atoms with Crippen LogP contribution in [0.15, 0.2) is 30.3 Å². The van der Waals surface area contributed by atoms with E-state index in [2.05, 4.69) is 92.0 Å². The number of alkyl carbamates (subject to hydrolysis) is 5. The Morgan fingerprint density at radius 3 is 1.16 bits per heavy atom. The molecule has 40 nitrogen and oxygen atoms in total. The van der Waals surface area contributed by atoms with E-state index in [1.807, 2.05) is 6.92 Å². The highest BCUT2D eigenvalue weighted by molar-refractivity contribution is 6.00. The van der Waals surface area contributed by atoms with Crippen LogP contribution in [0, 0.1) is 0 Å².